The molecule has 0 bridgehead atoms. The van der Waals surface area contributed by atoms with E-state index in [9.17, 15) is 9.59 Å². The second kappa shape index (κ2) is 13.6. The number of aromatic nitrogens is 2. The highest BCUT2D eigenvalue weighted by atomic mass is 79.9. The van der Waals surface area contributed by atoms with Crippen molar-refractivity contribution in [1.29, 1.82) is 0 Å². The van der Waals surface area contributed by atoms with Gasteiger partial charge >= 0.3 is 0 Å². The van der Waals surface area contributed by atoms with Crippen LogP contribution in [0.5, 0.6) is 11.5 Å². The lowest BCUT2D eigenvalue weighted by atomic mass is 10.1. The van der Waals surface area contributed by atoms with Crippen LogP contribution in [0.1, 0.15) is 44.5 Å². The van der Waals surface area contributed by atoms with Gasteiger partial charge in [-0.25, -0.2) is 4.98 Å². The fourth-order valence-corrected chi connectivity index (χ4v) is 5.15. The van der Waals surface area contributed by atoms with E-state index in [4.69, 9.17) is 14.5 Å². The van der Waals surface area contributed by atoms with Gasteiger partial charge in [-0.05, 0) is 81.6 Å². The summed E-state index contributed by atoms with van der Waals surface area (Å²) < 4.78 is 15.0. The number of para-hydroxylation sites is 1. The van der Waals surface area contributed by atoms with Crippen molar-refractivity contribution in [2.24, 2.45) is 5.10 Å². The second-order valence-electron chi connectivity index (χ2n) is 8.86. The van der Waals surface area contributed by atoms with Gasteiger partial charge in [-0.2, -0.15) is 9.78 Å². The summed E-state index contributed by atoms with van der Waals surface area (Å²) in [6.07, 6.45) is 2.36. The molecule has 11 heteroatoms. The van der Waals surface area contributed by atoms with Crippen molar-refractivity contribution in [3.63, 3.8) is 0 Å². The Hall–Kier alpha value is -3.02. The SMILES string of the molecule is CCOc1cc(C=Nn2c([C@@H](C)CC)nc3ccc(Br)cc3c2=O)c(Br)c(Br)c1OCC(=O)Nc1ccccc1. The zero-order chi connectivity index (χ0) is 28.8. The number of nitrogens with one attached hydrogen (secondary N) is 1. The molecule has 40 heavy (non-hydrogen) atoms. The van der Waals surface area contributed by atoms with Gasteiger partial charge in [0.1, 0.15) is 5.82 Å². The van der Waals surface area contributed by atoms with E-state index in [1.807, 2.05) is 51.1 Å². The molecule has 0 aliphatic rings. The van der Waals surface area contributed by atoms with Crippen LogP contribution < -0.4 is 20.3 Å². The summed E-state index contributed by atoms with van der Waals surface area (Å²) in [5.41, 5.74) is 1.67. The summed E-state index contributed by atoms with van der Waals surface area (Å²) in [5.74, 6) is 1.05. The molecule has 0 saturated carbocycles. The number of fused-ring (bicyclic) bond motifs is 1. The highest BCUT2D eigenvalue weighted by Crippen LogP contribution is 2.42. The molecule has 0 radical (unpaired) electrons. The van der Waals surface area contributed by atoms with Crippen molar-refractivity contribution in [3.8, 4) is 11.5 Å². The first-order valence-corrected chi connectivity index (χ1v) is 15.0. The molecule has 1 heterocycles. The molecule has 0 saturated heterocycles. The summed E-state index contributed by atoms with van der Waals surface area (Å²) in [6, 6.07) is 16.3. The van der Waals surface area contributed by atoms with Crippen molar-refractivity contribution in [3.05, 3.63) is 89.8 Å². The van der Waals surface area contributed by atoms with Gasteiger partial charge < -0.3 is 14.8 Å². The van der Waals surface area contributed by atoms with E-state index < -0.39 is 0 Å². The number of halogens is 3. The van der Waals surface area contributed by atoms with Gasteiger partial charge in [0.15, 0.2) is 18.1 Å². The van der Waals surface area contributed by atoms with E-state index in [-0.39, 0.29) is 24.0 Å². The molecule has 1 atom stereocenters. The van der Waals surface area contributed by atoms with Crippen LogP contribution >= 0.6 is 47.8 Å². The quantitative estimate of drug-likeness (QED) is 0.171. The minimum absolute atomic E-state index is 0.00451. The molecule has 1 aromatic heterocycles. The third-order valence-corrected chi connectivity index (χ3v) is 8.70. The molecular weight excluding hydrogens is 708 g/mol. The second-order valence-corrected chi connectivity index (χ2v) is 11.4. The average molecular weight is 735 g/mol. The fourth-order valence-electron chi connectivity index (χ4n) is 3.85. The minimum atomic E-state index is -0.310. The lowest BCUT2D eigenvalue weighted by Crippen LogP contribution is -2.23. The van der Waals surface area contributed by atoms with Crippen molar-refractivity contribution in [1.82, 2.24) is 9.66 Å². The number of carbonyl (C=O) groups is 1. The van der Waals surface area contributed by atoms with Crippen LogP contribution in [0.15, 0.2) is 77.9 Å². The summed E-state index contributed by atoms with van der Waals surface area (Å²) in [6.45, 7) is 6.06. The number of rotatable bonds is 10. The maximum Gasteiger partial charge on any atom is 0.282 e. The van der Waals surface area contributed by atoms with E-state index in [0.29, 0.717) is 55.0 Å². The smallest absolute Gasteiger partial charge is 0.282 e. The maximum absolute atomic E-state index is 13.5. The van der Waals surface area contributed by atoms with E-state index in [1.165, 1.54) is 4.68 Å². The topological polar surface area (TPSA) is 94.8 Å². The number of hydrogen-bond donors (Lipinski definition) is 1. The van der Waals surface area contributed by atoms with E-state index in [1.54, 1.807) is 30.5 Å². The van der Waals surface area contributed by atoms with Gasteiger partial charge in [0.2, 0.25) is 0 Å². The first-order chi connectivity index (χ1) is 19.2. The van der Waals surface area contributed by atoms with Crippen molar-refractivity contribution in [2.75, 3.05) is 18.5 Å². The molecule has 0 aliphatic heterocycles. The van der Waals surface area contributed by atoms with E-state index in [2.05, 4.69) is 58.2 Å². The van der Waals surface area contributed by atoms with Crippen LogP contribution in [0.3, 0.4) is 0 Å². The summed E-state index contributed by atoms with van der Waals surface area (Å²) in [7, 11) is 0. The van der Waals surface area contributed by atoms with Crippen LogP contribution in [0.2, 0.25) is 0 Å². The minimum Gasteiger partial charge on any atom is -0.490 e. The lowest BCUT2D eigenvalue weighted by Gasteiger charge is -2.17. The van der Waals surface area contributed by atoms with Crippen molar-refractivity contribution < 1.29 is 14.3 Å². The lowest BCUT2D eigenvalue weighted by molar-refractivity contribution is -0.118. The number of ether oxygens (including phenoxy) is 2. The predicted octanol–water partition coefficient (Wildman–Crippen LogP) is 7.50. The zero-order valence-corrected chi connectivity index (χ0v) is 26.8. The number of nitrogens with zero attached hydrogens (tertiary/aromatic N) is 3. The van der Waals surface area contributed by atoms with Gasteiger partial charge in [-0.1, -0.05) is 48.0 Å². The Morgan fingerprint density at radius 2 is 1.82 bits per heavy atom. The van der Waals surface area contributed by atoms with Gasteiger partial charge in [0.25, 0.3) is 11.5 Å². The molecule has 0 unspecified atom stereocenters. The van der Waals surface area contributed by atoms with Crippen LogP contribution in [0.25, 0.3) is 10.9 Å². The number of carbonyl (C=O) groups excluding carboxylic acids is 1. The van der Waals surface area contributed by atoms with E-state index in [0.717, 1.165) is 10.9 Å². The molecule has 1 N–H and O–H groups in total. The molecule has 8 nitrogen and oxygen atoms in total. The number of anilines is 1. The summed E-state index contributed by atoms with van der Waals surface area (Å²) in [4.78, 5) is 30.7. The highest BCUT2D eigenvalue weighted by Gasteiger charge is 2.19. The fraction of sp³-hybridized carbons (Fsp3) is 0.241. The third-order valence-electron chi connectivity index (χ3n) is 6.06. The van der Waals surface area contributed by atoms with Gasteiger partial charge in [0, 0.05) is 26.1 Å². The number of benzene rings is 3. The standard InChI is InChI=1S/C29H27Br3N4O4/c1-4-17(3)28-35-22-12-11-19(30)14-21(22)29(38)36(28)33-15-18-13-23(39-5-2)27(26(32)25(18)31)40-16-24(37)34-20-9-7-6-8-10-20/h6-15,17H,4-5,16H2,1-3H3,(H,34,37)/t17-/m0/s1. The van der Waals surface area contributed by atoms with Crippen LogP contribution in [0.4, 0.5) is 5.69 Å². The summed E-state index contributed by atoms with van der Waals surface area (Å²) in [5, 5.41) is 7.83. The largest absolute Gasteiger partial charge is 0.490 e. The Labute approximate surface area is 257 Å². The first kappa shape index (κ1) is 30.0. The molecule has 3 aromatic carbocycles. The third kappa shape index (κ3) is 6.82. The van der Waals surface area contributed by atoms with Crippen LogP contribution in [-0.2, 0) is 4.79 Å². The maximum atomic E-state index is 13.5. The number of hydrogen-bond acceptors (Lipinski definition) is 6. The predicted molar refractivity (Wildman–Crippen MR) is 169 cm³/mol. The average Bonchev–Trinajstić information content (AvgIpc) is 2.95. The molecule has 0 fully saturated rings. The van der Waals surface area contributed by atoms with Gasteiger partial charge in [-0.3, -0.25) is 9.59 Å². The zero-order valence-electron chi connectivity index (χ0n) is 22.1. The van der Waals surface area contributed by atoms with Crippen LogP contribution in [0, 0.1) is 0 Å². The highest BCUT2D eigenvalue weighted by molar-refractivity contribution is 9.13. The number of amides is 1. The van der Waals surface area contributed by atoms with Gasteiger partial charge in [-0.15, -0.1) is 0 Å². The Morgan fingerprint density at radius 3 is 2.52 bits per heavy atom. The van der Waals surface area contributed by atoms with Crippen LogP contribution in [-0.4, -0.2) is 35.0 Å². The summed E-state index contributed by atoms with van der Waals surface area (Å²) >= 11 is 10.6. The Balaban J connectivity index is 1.69. The Kier molecular flexibility index (Phi) is 10.2. The molecule has 1 amide bonds. The van der Waals surface area contributed by atoms with Gasteiger partial charge in [0.05, 0.1) is 28.2 Å². The monoisotopic (exact) mass is 732 g/mol. The normalized spacial score (nSPS) is 12.1. The molecule has 4 rings (SSSR count). The Bertz CT molecular complexity index is 1620. The molecule has 0 spiro atoms. The van der Waals surface area contributed by atoms with E-state index >= 15 is 0 Å². The molecular formula is C29H27Br3N4O4. The first-order valence-electron chi connectivity index (χ1n) is 12.6. The molecule has 0 aliphatic carbocycles. The van der Waals surface area contributed by atoms with Crippen molar-refractivity contribution in [2.45, 2.75) is 33.1 Å². The molecule has 208 valence electrons. The molecule has 4 aromatic rings. The Morgan fingerprint density at radius 1 is 1.07 bits per heavy atom. The van der Waals surface area contributed by atoms with Crippen molar-refractivity contribution >= 4 is 76.5 Å².